The van der Waals surface area contributed by atoms with E-state index in [9.17, 15) is 0 Å². The van der Waals surface area contributed by atoms with Gasteiger partial charge in [0.15, 0.2) is 0 Å². The zero-order valence-corrected chi connectivity index (χ0v) is 9.25. The number of rotatable bonds is 4. The SMILES string of the molecule is CCc1ccccc1NC(C)C(C)N. The average Bonchev–Trinajstić information content (AvgIpc) is 2.18. The van der Waals surface area contributed by atoms with Crippen LogP contribution in [0.15, 0.2) is 24.3 Å². The molecule has 0 aliphatic carbocycles. The fraction of sp³-hybridized carbons (Fsp3) is 0.500. The Labute approximate surface area is 86.5 Å². The molecule has 1 aromatic carbocycles. The molecule has 14 heavy (non-hydrogen) atoms. The minimum atomic E-state index is 0.167. The average molecular weight is 192 g/mol. The second kappa shape index (κ2) is 5.01. The summed E-state index contributed by atoms with van der Waals surface area (Å²) < 4.78 is 0. The van der Waals surface area contributed by atoms with E-state index in [1.165, 1.54) is 11.3 Å². The Bertz CT molecular complexity index is 281. The van der Waals surface area contributed by atoms with E-state index >= 15 is 0 Å². The molecule has 2 atom stereocenters. The molecule has 0 fully saturated rings. The number of nitrogens with one attached hydrogen (secondary N) is 1. The van der Waals surface area contributed by atoms with Crippen molar-refractivity contribution in [2.24, 2.45) is 5.73 Å². The van der Waals surface area contributed by atoms with E-state index in [0.717, 1.165) is 6.42 Å². The molecule has 2 nitrogen and oxygen atoms in total. The first-order chi connectivity index (χ1) is 6.65. The van der Waals surface area contributed by atoms with E-state index in [4.69, 9.17) is 5.73 Å². The lowest BCUT2D eigenvalue weighted by Gasteiger charge is -2.20. The summed E-state index contributed by atoms with van der Waals surface area (Å²) in [7, 11) is 0. The van der Waals surface area contributed by atoms with E-state index in [2.05, 4.69) is 43.4 Å². The van der Waals surface area contributed by atoms with Gasteiger partial charge in [-0.2, -0.15) is 0 Å². The summed E-state index contributed by atoms with van der Waals surface area (Å²) in [6.07, 6.45) is 1.05. The number of anilines is 1. The molecule has 1 aromatic rings. The number of nitrogens with two attached hydrogens (primary N) is 1. The van der Waals surface area contributed by atoms with Crippen LogP contribution in [0.4, 0.5) is 5.69 Å². The van der Waals surface area contributed by atoms with Gasteiger partial charge in [-0.15, -0.1) is 0 Å². The third-order valence-electron chi connectivity index (χ3n) is 2.57. The maximum atomic E-state index is 5.81. The summed E-state index contributed by atoms with van der Waals surface area (Å²) in [6.45, 7) is 6.29. The van der Waals surface area contributed by atoms with Crippen molar-refractivity contribution >= 4 is 5.69 Å². The van der Waals surface area contributed by atoms with Crippen molar-refractivity contribution in [3.8, 4) is 0 Å². The molecule has 0 saturated carbocycles. The largest absolute Gasteiger partial charge is 0.381 e. The van der Waals surface area contributed by atoms with Crippen molar-refractivity contribution in [1.82, 2.24) is 0 Å². The highest BCUT2D eigenvalue weighted by Gasteiger charge is 2.08. The van der Waals surface area contributed by atoms with Gasteiger partial charge in [-0.3, -0.25) is 0 Å². The molecule has 0 aromatic heterocycles. The molecule has 78 valence electrons. The summed E-state index contributed by atoms with van der Waals surface area (Å²) in [5.74, 6) is 0. The predicted octanol–water partition coefficient (Wildman–Crippen LogP) is 2.40. The molecule has 0 aliphatic heterocycles. The molecule has 0 aliphatic rings. The predicted molar refractivity (Wildman–Crippen MR) is 62.6 cm³/mol. The molecule has 0 bridgehead atoms. The van der Waals surface area contributed by atoms with Gasteiger partial charge in [0.1, 0.15) is 0 Å². The van der Waals surface area contributed by atoms with Gasteiger partial charge in [-0.1, -0.05) is 25.1 Å². The molecule has 0 saturated heterocycles. The fourth-order valence-electron chi connectivity index (χ4n) is 1.35. The zero-order valence-electron chi connectivity index (χ0n) is 9.25. The summed E-state index contributed by atoms with van der Waals surface area (Å²) in [5, 5.41) is 3.44. The first-order valence-electron chi connectivity index (χ1n) is 5.25. The molecule has 2 unspecified atom stereocenters. The number of hydrogen-bond acceptors (Lipinski definition) is 2. The molecule has 2 heteroatoms. The molecule has 0 radical (unpaired) electrons. The summed E-state index contributed by atoms with van der Waals surface area (Å²) in [4.78, 5) is 0. The quantitative estimate of drug-likeness (QED) is 0.768. The first-order valence-corrected chi connectivity index (χ1v) is 5.25. The second-order valence-corrected chi connectivity index (χ2v) is 3.80. The lowest BCUT2D eigenvalue weighted by molar-refractivity contribution is 0.638. The normalized spacial score (nSPS) is 14.9. The second-order valence-electron chi connectivity index (χ2n) is 3.80. The minimum Gasteiger partial charge on any atom is -0.381 e. The van der Waals surface area contributed by atoms with Crippen LogP contribution in [-0.4, -0.2) is 12.1 Å². The Morgan fingerprint density at radius 2 is 1.93 bits per heavy atom. The van der Waals surface area contributed by atoms with Gasteiger partial charge in [0.25, 0.3) is 0 Å². The van der Waals surface area contributed by atoms with Crippen LogP contribution < -0.4 is 11.1 Å². The van der Waals surface area contributed by atoms with Crippen molar-refractivity contribution in [1.29, 1.82) is 0 Å². The van der Waals surface area contributed by atoms with Crippen LogP contribution in [0.25, 0.3) is 0 Å². The maximum Gasteiger partial charge on any atom is 0.0381 e. The van der Waals surface area contributed by atoms with Crippen LogP contribution >= 0.6 is 0 Å². The van der Waals surface area contributed by atoms with Gasteiger partial charge in [-0.05, 0) is 31.9 Å². The smallest absolute Gasteiger partial charge is 0.0381 e. The monoisotopic (exact) mass is 192 g/mol. The van der Waals surface area contributed by atoms with Crippen LogP contribution in [0.5, 0.6) is 0 Å². The molecule has 0 amide bonds. The van der Waals surface area contributed by atoms with Gasteiger partial charge in [0.2, 0.25) is 0 Å². The number of aryl methyl sites for hydroxylation is 1. The van der Waals surface area contributed by atoms with Crippen LogP contribution in [-0.2, 0) is 6.42 Å². The third-order valence-corrected chi connectivity index (χ3v) is 2.57. The number of benzene rings is 1. The maximum absolute atomic E-state index is 5.81. The lowest BCUT2D eigenvalue weighted by atomic mass is 10.1. The first kappa shape index (κ1) is 11.1. The van der Waals surface area contributed by atoms with Crippen molar-refractivity contribution < 1.29 is 0 Å². The van der Waals surface area contributed by atoms with E-state index in [-0.39, 0.29) is 6.04 Å². The van der Waals surface area contributed by atoms with Crippen molar-refractivity contribution in [2.45, 2.75) is 39.3 Å². The standard InChI is InChI=1S/C12H20N2/c1-4-11-7-5-6-8-12(11)14-10(3)9(2)13/h5-10,14H,4,13H2,1-3H3. The molecule has 0 spiro atoms. The molecule has 3 N–H and O–H groups in total. The molecular formula is C12H20N2. The van der Waals surface area contributed by atoms with E-state index in [0.29, 0.717) is 6.04 Å². The van der Waals surface area contributed by atoms with E-state index in [1.54, 1.807) is 0 Å². The van der Waals surface area contributed by atoms with Crippen molar-refractivity contribution in [3.63, 3.8) is 0 Å². The number of para-hydroxylation sites is 1. The van der Waals surface area contributed by atoms with E-state index < -0.39 is 0 Å². The van der Waals surface area contributed by atoms with Gasteiger partial charge < -0.3 is 11.1 Å². The van der Waals surface area contributed by atoms with Crippen LogP contribution in [0.3, 0.4) is 0 Å². The Kier molecular flexibility index (Phi) is 3.96. The van der Waals surface area contributed by atoms with Crippen LogP contribution in [0.2, 0.25) is 0 Å². The summed E-state index contributed by atoms with van der Waals surface area (Å²) >= 11 is 0. The summed E-state index contributed by atoms with van der Waals surface area (Å²) in [6, 6.07) is 8.85. The highest BCUT2D eigenvalue weighted by molar-refractivity contribution is 5.51. The van der Waals surface area contributed by atoms with Gasteiger partial charge in [0.05, 0.1) is 0 Å². The zero-order chi connectivity index (χ0) is 10.6. The number of hydrogen-bond donors (Lipinski definition) is 2. The van der Waals surface area contributed by atoms with Crippen molar-refractivity contribution in [3.05, 3.63) is 29.8 Å². The highest BCUT2D eigenvalue weighted by atomic mass is 14.9. The lowest BCUT2D eigenvalue weighted by Crippen LogP contribution is -2.35. The van der Waals surface area contributed by atoms with Gasteiger partial charge in [0, 0.05) is 17.8 Å². The van der Waals surface area contributed by atoms with Gasteiger partial charge in [-0.25, -0.2) is 0 Å². The minimum absolute atomic E-state index is 0.167. The molecule has 0 heterocycles. The Morgan fingerprint density at radius 1 is 1.29 bits per heavy atom. The topological polar surface area (TPSA) is 38.0 Å². The summed E-state index contributed by atoms with van der Waals surface area (Å²) in [5.41, 5.74) is 8.37. The van der Waals surface area contributed by atoms with Crippen molar-refractivity contribution in [2.75, 3.05) is 5.32 Å². The Balaban J connectivity index is 2.75. The fourth-order valence-corrected chi connectivity index (χ4v) is 1.35. The van der Waals surface area contributed by atoms with Crippen LogP contribution in [0.1, 0.15) is 26.3 Å². The van der Waals surface area contributed by atoms with Crippen LogP contribution in [0, 0.1) is 0 Å². The molecule has 1 rings (SSSR count). The third kappa shape index (κ3) is 2.74. The Hall–Kier alpha value is -1.02. The molecular weight excluding hydrogens is 172 g/mol. The Morgan fingerprint density at radius 3 is 2.50 bits per heavy atom. The van der Waals surface area contributed by atoms with E-state index in [1.807, 2.05) is 6.92 Å². The highest BCUT2D eigenvalue weighted by Crippen LogP contribution is 2.16. The van der Waals surface area contributed by atoms with Gasteiger partial charge >= 0.3 is 0 Å².